The number of alkyl halides is 3. The molecule has 8 heteroatoms. The molecule has 0 aromatic heterocycles. The zero-order valence-electron chi connectivity index (χ0n) is 12.4. The highest BCUT2D eigenvalue weighted by Crippen LogP contribution is 2.32. The van der Waals surface area contributed by atoms with Crippen molar-refractivity contribution < 1.29 is 22.7 Å². The van der Waals surface area contributed by atoms with Crippen LogP contribution >= 0.6 is 12.4 Å². The molecule has 1 aromatic carbocycles. The highest BCUT2D eigenvalue weighted by Gasteiger charge is 2.32. The molecule has 1 aromatic rings. The number of hydrogen-bond donors (Lipinski definition) is 2. The Hall–Kier alpha value is -1.47. The van der Waals surface area contributed by atoms with Crippen molar-refractivity contribution in [1.29, 1.82) is 0 Å². The molecule has 130 valence electrons. The Morgan fingerprint density at radius 2 is 1.91 bits per heavy atom. The summed E-state index contributed by atoms with van der Waals surface area (Å²) >= 11 is 0. The lowest BCUT2D eigenvalue weighted by molar-refractivity contribution is -0.153. The summed E-state index contributed by atoms with van der Waals surface area (Å²) in [7, 11) is 0. The molecule has 1 aliphatic rings. The number of halogens is 4. The molecule has 2 rings (SSSR count). The number of ether oxygens (including phenoxy) is 1. The average Bonchev–Trinajstić information content (AvgIpc) is 2.94. The Balaban J connectivity index is 0.00000264. The second kappa shape index (κ2) is 8.40. The van der Waals surface area contributed by atoms with Crippen molar-refractivity contribution in [2.75, 3.05) is 18.5 Å². The zero-order valence-corrected chi connectivity index (χ0v) is 13.3. The van der Waals surface area contributed by atoms with Crippen molar-refractivity contribution >= 4 is 24.0 Å². The number of hydrogen-bond acceptors (Lipinski definition) is 3. The van der Waals surface area contributed by atoms with Crippen LogP contribution in [0.5, 0.6) is 5.75 Å². The third-order valence-corrected chi connectivity index (χ3v) is 3.82. The van der Waals surface area contributed by atoms with Crippen molar-refractivity contribution in [2.45, 2.75) is 25.4 Å². The van der Waals surface area contributed by atoms with E-state index in [9.17, 15) is 18.0 Å². The second-order valence-corrected chi connectivity index (χ2v) is 5.45. The minimum absolute atomic E-state index is 0. The van der Waals surface area contributed by atoms with E-state index < -0.39 is 12.8 Å². The molecule has 1 fully saturated rings. The van der Waals surface area contributed by atoms with E-state index in [1.807, 2.05) is 0 Å². The molecule has 0 aliphatic heterocycles. The summed E-state index contributed by atoms with van der Waals surface area (Å²) in [6, 6.07) is 5.85. The van der Waals surface area contributed by atoms with E-state index >= 15 is 0 Å². The lowest BCUT2D eigenvalue weighted by Crippen LogP contribution is -2.29. The highest BCUT2D eigenvalue weighted by atomic mass is 35.5. The number of rotatable bonds is 5. The van der Waals surface area contributed by atoms with Gasteiger partial charge in [0.05, 0.1) is 0 Å². The molecule has 1 aliphatic carbocycles. The predicted octanol–water partition coefficient (Wildman–Crippen LogP) is 3.36. The van der Waals surface area contributed by atoms with Crippen molar-refractivity contribution in [3.05, 3.63) is 24.3 Å². The van der Waals surface area contributed by atoms with Gasteiger partial charge >= 0.3 is 6.18 Å². The first-order valence-corrected chi connectivity index (χ1v) is 7.19. The Labute approximate surface area is 139 Å². The lowest BCUT2D eigenvalue weighted by atomic mass is 9.95. The van der Waals surface area contributed by atoms with E-state index in [4.69, 9.17) is 5.73 Å². The van der Waals surface area contributed by atoms with Crippen molar-refractivity contribution in [3.8, 4) is 5.75 Å². The smallest absolute Gasteiger partial charge is 0.422 e. The van der Waals surface area contributed by atoms with Crippen LogP contribution in [0, 0.1) is 11.8 Å². The number of carbonyl (C=O) groups is 1. The monoisotopic (exact) mass is 352 g/mol. The first-order chi connectivity index (χ1) is 10.4. The Morgan fingerprint density at radius 3 is 2.48 bits per heavy atom. The zero-order chi connectivity index (χ0) is 16.2. The summed E-state index contributed by atoms with van der Waals surface area (Å²) in [4.78, 5) is 12.2. The Bertz CT molecular complexity index is 508. The van der Waals surface area contributed by atoms with Gasteiger partial charge in [-0.1, -0.05) is 6.42 Å². The van der Waals surface area contributed by atoms with E-state index in [1.54, 1.807) is 0 Å². The SMILES string of the molecule is Cl.NC[C@H]1CCC[C@H]1C(=O)Nc1ccc(OCC(F)(F)F)cc1. The standard InChI is InChI=1S/C15H19F3N2O2.ClH/c16-15(17,18)9-22-12-6-4-11(5-7-12)20-14(21)13-3-1-2-10(13)8-19;/h4-7,10,13H,1-3,8-9,19H2,(H,20,21);1H/t10-,13-;/m1./s1. The third kappa shape index (κ3) is 5.91. The van der Waals surface area contributed by atoms with E-state index in [1.165, 1.54) is 24.3 Å². The summed E-state index contributed by atoms with van der Waals surface area (Å²) in [6.07, 6.45) is -1.60. The molecule has 0 radical (unpaired) electrons. The van der Waals surface area contributed by atoms with Gasteiger partial charge in [0, 0.05) is 11.6 Å². The Kier molecular flexibility index (Phi) is 7.15. The van der Waals surface area contributed by atoms with Gasteiger partial charge < -0.3 is 15.8 Å². The fourth-order valence-corrected chi connectivity index (χ4v) is 2.70. The summed E-state index contributed by atoms with van der Waals surface area (Å²) in [5.74, 6) is 0.133. The number of anilines is 1. The molecule has 4 nitrogen and oxygen atoms in total. The van der Waals surface area contributed by atoms with E-state index in [0.717, 1.165) is 19.3 Å². The number of amides is 1. The summed E-state index contributed by atoms with van der Waals surface area (Å²) in [6.45, 7) is -0.846. The molecule has 3 N–H and O–H groups in total. The molecule has 1 saturated carbocycles. The molecule has 0 spiro atoms. The molecule has 2 atom stereocenters. The van der Waals surface area contributed by atoms with Gasteiger partial charge in [0.15, 0.2) is 6.61 Å². The topological polar surface area (TPSA) is 64.4 Å². The second-order valence-electron chi connectivity index (χ2n) is 5.45. The maximum Gasteiger partial charge on any atom is 0.422 e. The molecule has 0 saturated heterocycles. The van der Waals surface area contributed by atoms with E-state index in [-0.39, 0.29) is 35.9 Å². The summed E-state index contributed by atoms with van der Waals surface area (Å²) < 4.78 is 40.7. The first-order valence-electron chi connectivity index (χ1n) is 7.19. The van der Waals surface area contributed by atoms with Crippen LogP contribution in [0.4, 0.5) is 18.9 Å². The number of benzene rings is 1. The van der Waals surface area contributed by atoms with E-state index in [0.29, 0.717) is 12.2 Å². The van der Waals surface area contributed by atoms with Gasteiger partial charge in [-0.15, -0.1) is 12.4 Å². The summed E-state index contributed by atoms with van der Waals surface area (Å²) in [5.41, 5.74) is 6.19. The normalized spacial score (nSPS) is 20.7. The molecule has 0 unspecified atom stereocenters. The third-order valence-electron chi connectivity index (χ3n) is 3.82. The number of nitrogens with two attached hydrogens (primary N) is 1. The molecular formula is C15H20ClF3N2O2. The quantitative estimate of drug-likeness (QED) is 0.854. The highest BCUT2D eigenvalue weighted by molar-refractivity contribution is 5.93. The van der Waals surface area contributed by atoms with Crippen molar-refractivity contribution in [1.82, 2.24) is 0 Å². The van der Waals surface area contributed by atoms with Gasteiger partial charge in [-0.3, -0.25) is 4.79 Å². The van der Waals surface area contributed by atoms with Gasteiger partial charge in [-0.2, -0.15) is 13.2 Å². The lowest BCUT2D eigenvalue weighted by Gasteiger charge is -2.17. The fraction of sp³-hybridized carbons (Fsp3) is 0.533. The minimum Gasteiger partial charge on any atom is -0.484 e. The molecular weight excluding hydrogens is 333 g/mol. The van der Waals surface area contributed by atoms with Crippen LogP contribution in [-0.4, -0.2) is 25.2 Å². The van der Waals surface area contributed by atoms with Crippen LogP contribution in [0.1, 0.15) is 19.3 Å². The molecule has 23 heavy (non-hydrogen) atoms. The van der Waals surface area contributed by atoms with Gasteiger partial charge in [-0.05, 0) is 49.6 Å². The first kappa shape index (κ1) is 19.6. The van der Waals surface area contributed by atoms with Gasteiger partial charge in [0.2, 0.25) is 5.91 Å². The average molecular weight is 353 g/mol. The van der Waals surface area contributed by atoms with Gasteiger partial charge in [-0.25, -0.2) is 0 Å². The molecule has 0 bridgehead atoms. The van der Waals surface area contributed by atoms with Gasteiger partial charge in [0.1, 0.15) is 5.75 Å². The predicted molar refractivity (Wildman–Crippen MR) is 83.8 cm³/mol. The van der Waals surface area contributed by atoms with Crippen LogP contribution in [-0.2, 0) is 4.79 Å². The van der Waals surface area contributed by atoms with Crippen molar-refractivity contribution in [2.24, 2.45) is 17.6 Å². The van der Waals surface area contributed by atoms with Crippen LogP contribution in [0.3, 0.4) is 0 Å². The van der Waals surface area contributed by atoms with Crippen LogP contribution < -0.4 is 15.8 Å². The van der Waals surface area contributed by atoms with Crippen LogP contribution in [0.15, 0.2) is 24.3 Å². The maximum atomic E-state index is 12.2. The van der Waals surface area contributed by atoms with Crippen LogP contribution in [0.25, 0.3) is 0 Å². The molecule has 1 amide bonds. The molecule has 0 heterocycles. The largest absolute Gasteiger partial charge is 0.484 e. The van der Waals surface area contributed by atoms with Gasteiger partial charge in [0.25, 0.3) is 0 Å². The number of carbonyl (C=O) groups excluding carboxylic acids is 1. The van der Waals surface area contributed by atoms with Crippen molar-refractivity contribution in [3.63, 3.8) is 0 Å². The Morgan fingerprint density at radius 1 is 1.26 bits per heavy atom. The van der Waals surface area contributed by atoms with E-state index in [2.05, 4.69) is 10.1 Å². The fourth-order valence-electron chi connectivity index (χ4n) is 2.70. The number of nitrogens with one attached hydrogen (secondary N) is 1. The van der Waals surface area contributed by atoms with Crippen LogP contribution in [0.2, 0.25) is 0 Å². The summed E-state index contributed by atoms with van der Waals surface area (Å²) in [5, 5.41) is 2.78. The minimum atomic E-state index is -4.37. The maximum absolute atomic E-state index is 12.2.